The van der Waals surface area contributed by atoms with Gasteiger partial charge in [-0.3, -0.25) is 0 Å². The zero-order valence-corrected chi connectivity index (χ0v) is 13.3. The van der Waals surface area contributed by atoms with Crippen molar-refractivity contribution in [1.82, 2.24) is 0 Å². The molecule has 0 amide bonds. The van der Waals surface area contributed by atoms with Crippen LogP contribution in [0.4, 0.5) is 11.4 Å². The Bertz CT molecular complexity index is 1040. The van der Waals surface area contributed by atoms with E-state index in [1.807, 2.05) is 62.4 Å². The molecule has 0 N–H and O–H groups in total. The number of benzene rings is 3. The number of hydrogen-bond acceptors (Lipinski definition) is 4. The van der Waals surface area contributed by atoms with Crippen LogP contribution in [0.2, 0.25) is 0 Å². The van der Waals surface area contributed by atoms with Gasteiger partial charge in [-0.1, -0.05) is 12.1 Å². The van der Waals surface area contributed by atoms with Crippen molar-refractivity contribution in [2.24, 2.45) is 9.98 Å². The molecule has 0 aliphatic carbocycles. The maximum Gasteiger partial charge on any atom is 0.155 e. The zero-order chi connectivity index (χ0) is 16.3. The second-order valence-electron chi connectivity index (χ2n) is 6.16. The highest BCUT2D eigenvalue weighted by Gasteiger charge is 2.18. The van der Waals surface area contributed by atoms with E-state index < -0.39 is 0 Å². The fourth-order valence-electron chi connectivity index (χ4n) is 2.98. The summed E-state index contributed by atoms with van der Waals surface area (Å²) in [5, 5.41) is 1.52. The molecule has 2 aliphatic rings. The molecule has 0 aromatic heterocycles. The predicted octanol–water partition coefficient (Wildman–Crippen LogP) is 4.42. The van der Waals surface area contributed by atoms with Crippen LogP contribution in [0.3, 0.4) is 0 Å². The van der Waals surface area contributed by atoms with Crippen molar-refractivity contribution in [3.05, 3.63) is 70.4 Å². The third kappa shape index (κ3) is 2.00. The number of ether oxygens (including phenoxy) is 2. The first-order valence-corrected chi connectivity index (χ1v) is 7.84. The van der Waals surface area contributed by atoms with E-state index in [-0.39, 0.29) is 0 Å². The summed E-state index contributed by atoms with van der Waals surface area (Å²) in [6.07, 6.45) is 0. The standard InChI is InChI=1S/C20H14N2O2/c1-11-3-5-17-13(7-11)21-15-9-20-16(10-19(15)23-17)22-14-8-12(2)4-6-18(14)24-20/h3-10H,1-2H3. The van der Waals surface area contributed by atoms with Crippen LogP contribution in [-0.4, -0.2) is 0 Å². The summed E-state index contributed by atoms with van der Waals surface area (Å²) in [5.74, 6) is 2.93. The molecule has 24 heavy (non-hydrogen) atoms. The number of fused-ring (bicyclic) bond motifs is 4. The number of hydrogen-bond donors (Lipinski definition) is 0. The normalized spacial score (nSPS) is 13.1. The fraction of sp³-hybridized carbons (Fsp3) is 0.100. The average molecular weight is 314 g/mol. The highest BCUT2D eigenvalue weighted by atomic mass is 16.5. The van der Waals surface area contributed by atoms with E-state index in [9.17, 15) is 0 Å². The van der Waals surface area contributed by atoms with E-state index >= 15 is 0 Å². The Balaban J connectivity index is 1.73. The highest BCUT2D eigenvalue weighted by Crippen LogP contribution is 2.37. The Morgan fingerprint density at radius 3 is 1.50 bits per heavy atom. The second kappa shape index (κ2) is 4.68. The van der Waals surface area contributed by atoms with E-state index in [2.05, 4.69) is 0 Å². The summed E-state index contributed by atoms with van der Waals surface area (Å²) in [7, 11) is 0. The maximum atomic E-state index is 6.00. The van der Waals surface area contributed by atoms with Crippen molar-refractivity contribution in [2.45, 2.75) is 13.8 Å². The number of aryl methyl sites for hydroxylation is 2. The van der Waals surface area contributed by atoms with Gasteiger partial charge in [-0.05, 0) is 49.2 Å². The van der Waals surface area contributed by atoms with Crippen LogP contribution in [0, 0.1) is 13.8 Å². The molecule has 2 aliphatic heterocycles. The van der Waals surface area contributed by atoms with Gasteiger partial charge in [0.25, 0.3) is 0 Å². The first-order chi connectivity index (χ1) is 11.7. The summed E-state index contributed by atoms with van der Waals surface area (Å²) < 4.78 is 12.0. The molecule has 3 aromatic rings. The minimum atomic E-state index is 0.702. The lowest BCUT2D eigenvalue weighted by atomic mass is 10.1. The molecule has 0 bridgehead atoms. The summed E-state index contributed by atoms with van der Waals surface area (Å²) in [6, 6.07) is 15.7. The van der Waals surface area contributed by atoms with Gasteiger partial charge in [0.15, 0.2) is 23.0 Å². The zero-order valence-electron chi connectivity index (χ0n) is 13.3. The van der Waals surface area contributed by atoms with Crippen LogP contribution in [0.1, 0.15) is 11.1 Å². The first kappa shape index (κ1) is 13.3. The van der Waals surface area contributed by atoms with Crippen LogP contribution in [0.5, 0.6) is 23.0 Å². The van der Waals surface area contributed by atoms with Crippen LogP contribution < -0.4 is 20.2 Å². The van der Waals surface area contributed by atoms with Crippen molar-refractivity contribution in [3.63, 3.8) is 0 Å². The molecular weight excluding hydrogens is 300 g/mol. The molecule has 0 fully saturated rings. The minimum Gasteiger partial charge on any atom is -0.453 e. The Hall–Kier alpha value is -3.14. The van der Waals surface area contributed by atoms with Crippen LogP contribution in [-0.2, 0) is 0 Å². The van der Waals surface area contributed by atoms with Crippen molar-refractivity contribution in [2.75, 3.05) is 0 Å². The second-order valence-corrected chi connectivity index (χ2v) is 6.16. The topological polar surface area (TPSA) is 43.2 Å². The Morgan fingerprint density at radius 2 is 1.04 bits per heavy atom. The van der Waals surface area contributed by atoms with Gasteiger partial charge in [-0.15, -0.1) is 0 Å². The lowest BCUT2D eigenvalue weighted by Gasteiger charge is -2.18. The summed E-state index contributed by atoms with van der Waals surface area (Å²) in [4.78, 5) is 9.40. The van der Waals surface area contributed by atoms with Crippen molar-refractivity contribution in [3.8, 4) is 23.0 Å². The molecule has 0 spiro atoms. The van der Waals surface area contributed by atoms with Crippen molar-refractivity contribution in [1.29, 1.82) is 0 Å². The van der Waals surface area contributed by atoms with Gasteiger partial charge in [-0.25, -0.2) is 9.98 Å². The van der Waals surface area contributed by atoms with Gasteiger partial charge < -0.3 is 9.47 Å². The largest absolute Gasteiger partial charge is 0.453 e. The molecule has 2 heterocycles. The van der Waals surface area contributed by atoms with E-state index in [1.165, 1.54) is 0 Å². The predicted molar refractivity (Wildman–Crippen MR) is 90.6 cm³/mol. The molecule has 0 atom stereocenters. The van der Waals surface area contributed by atoms with Gasteiger partial charge in [0, 0.05) is 12.1 Å². The van der Waals surface area contributed by atoms with Gasteiger partial charge in [-0.2, -0.15) is 0 Å². The molecule has 3 aromatic carbocycles. The van der Waals surface area contributed by atoms with Crippen molar-refractivity contribution >= 4 is 11.4 Å². The molecule has 4 heteroatoms. The lowest BCUT2D eigenvalue weighted by molar-refractivity contribution is 0.450. The summed E-state index contributed by atoms with van der Waals surface area (Å²) >= 11 is 0. The third-order valence-corrected chi connectivity index (χ3v) is 4.19. The van der Waals surface area contributed by atoms with Gasteiger partial charge in [0.2, 0.25) is 0 Å². The molecule has 5 rings (SSSR count). The Kier molecular flexibility index (Phi) is 2.59. The molecule has 4 nitrogen and oxygen atoms in total. The average Bonchev–Trinajstić information content (AvgIpc) is 2.56. The monoisotopic (exact) mass is 314 g/mol. The van der Waals surface area contributed by atoms with Gasteiger partial charge >= 0.3 is 0 Å². The van der Waals surface area contributed by atoms with Crippen LogP contribution >= 0.6 is 0 Å². The molecule has 116 valence electrons. The highest BCUT2D eigenvalue weighted by molar-refractivity contribution is 5.60. The van der Waals surface area contributed by atoms with E-state index in [1.54, 1.807) is 0 Å². The molecule has 0 saturated carbocycles. The Morgan fingerprint density at radius 1 is 0.583 bits per heavy atom. The quantitative estimate of drug-likeness (QED) is 0.425. The molecule has 0 unspecified atom stereocenters. The van der Waals surface area contributed by atoms with E-state index in [0.29, 0.717) is 11.5 Å². The minimum absolute atomic E-state index is 0.702. The third-order valence-electron chi connectivity index (χ3n) is 4.19. The molecule has 0 radical (unpaired) electrons. The number of rotatable bonds is 0. The SMILES string of the molecule is Cc1ccc2c(c1)N=c1cc3c(cc1O2)=Nc1cc(C)ccc1O3. The van der Waals surface area contributed by atoms with Crippen LogP contribution in [0.15, 0.2) is 58.5 Å². The summed E-state index contributed by atoms with van der Waals surface area (Å²) in [6.45, 7) is 4.08. The van der Waals surface area contributed by atoms with E-state index in [4.69, 9.17) is 19.5 Å². The summed E-state index contributed by atoms with van der Waals surface area (Å²) in [5.41, 5.74) is 3.98. The van der Waals surface area contributed by atoms with Gasteiger partial charge in [0.05, 0.1) is 0 Å². The Labute approximate surface area is 138 Å². The fourth-order valence-corrected chi connectivity index (χ4v) is 2.98. The first-order valence-electron chi connectivity index (χ1n) is 7.84. The molecule has 0 saturated heterocycles. The lowest BCUT2D eigenvalue weighted by Crippen LogP contribution is -2.18. The van der Waals surface area contributed by atoms with Crippen LogP contribution in [0.25, 0.3) is 0 Å². The van der Waals surface area contributed by atoms with Gasteiger partial charge in [0.1, 0.15) is 22.1 Å². The van der Waals surface area contributed by atoms with E-state index in [0.717, 1.165) is 44.7 Å². The molecular formula is C20H14N2O2. The smallest absolute Gasteiger partial charge is 0.155 e. The van der Waals surface area contributed by atoms with Crippen molar-refractivity contribution < 1.29 is 9.47 Å². The number of nitrogens with zero attached hydrogens (tertiary/aromatic N) is 2. The maximum absolute atomic E-state index is 6.00.